The van der Waals surface area contributed by atoms with E-state index in [9.17, 15) is 4.79 Å². The van der Waals surface area contributed by atoms with E-state index < -0.39 is 8.32 Å². The maximum absolute atomic E-state index is 11.7. The van der Waals surface area contributed by atoms with Crippen LogP contribution in [0.4, 0.5) is 5.69 Å². The van der Waals surface area contributed by atoms with E-state index in [-0.39, 0.29) is 29.1 Å². The van der Waals surface area contributed by atoms with Crippen LogP contribution in [0.15, 0.2) is 54.2 Å². The lowest BCUT2D eigenvalue weighted by molar-refractivity contribution is -0.115. The Labute approximate surface area is 203 Å². The van der Waals surface area contributed by atoms with Crippen molar-refractivity contribution in [1.82, 2.24) is 0 Å². The zero-order valence-corrected chi connectivity index (χ0v) is 22.1. The summed E-state index contributed by atoms with van der Waals surface area (Å²) in [6, 6.07) is 3.90. The largest absolute Gasteiger partial charge is 0.407 e. The predicted octanol–water partition coefficient (Wildman–Crippen LogP) is 6.70. The molecule has 0 radical (unpaired) electrons. The summed E-state index contributed by atoms with van der Waals surface area (Å²) in [5.74, 6) is 0.256. The fourth-order valence-corrected chi connectivity index (χ4v) is 5.90. The molecule has 3 unspecified atom stereocenters. The Morgan fingerprint density at radius 2 is 1.94 bits per heavy atom. The van der Waals surface area contributed by atoms with Crippen molar-refractivity contribution in [3.05, 3.63) is 70.3 Å². The molecule has 0 bridgehead atoms. The number of allylic oxidation sites excluding steroid dienone is 6. The molecule has 1 amide bonds. The van der Waals surface area contributed by atoms with Gasteiger partial charge in [-0.2, -0.15) is 0 Å². The van der Waals surface area contributed by atoms with Crippen molar-refractivity contribution < 1.29 is 14.0 Å². The van der Waals surface area contributed by atoms with Gasteiger partial charge in [0, 0.05) is 24.3 Å². The first-order chi connectivity index (χ1) is 15.5. The van der Waals surface area contributed by atoms with E-state index in [2.05, 4.69) is 75.6 Å². The molecule has 3 atom stereocenters. The molecule has 0 saturated heterocycles. The first kappa shape index (κ1) is 24.2. The van der Waals surface area contributed by atoms with Gasteiger partial charge in [0.15, 0.2) is 8.32 Å². The van der Waals surface area contributed by atoms with Crippen LogP contribution in [0, 0.1) is 5.92 Å². The number of fused-ring (bicyclic) bond motifs is 1. The second kappa shape index (κ2) is 9.03. The summed E-state index contributed by atoms with van der Waals surface area (Å²) in [5.41, 5.74) is 5.15. The van der Waals surface area contributed by atoms with Gasteiger partial charge in [-0.25, -0.2) is 0 Å². The van der Waals surface area contributed by atoms with Crippen molar-refractivity contribution in [2.24, 2.45) is 5.92 Å². The van der Waals surface area contributed by atoms with Crippen LogP contribution >= 0.6 is 11.6 Å². The zero-order valence-electron chi connectivity index (χ0n) is 20.4. The molecule has 2 aliphatic carbocycles. The van der Waals surface area contributed by atoms with Crippen LogP contribution in [0.3, 0.4) is 0 Å². The summed E-state index contributed by atoms with van der Waals surface area (Å²) >= 11 is 6.57. The molecule has 1 aliphatic heterocycles. The summed E-state index contributed by atoms with van der Waals surface area (Å²) in [6.45, 7) is 11.4. The smallest absolute Gasteiger partial charge is 0.228 e. The van der Waals surface area contributed by atoms with Gasteiger partial charge in [0.25, 0.3) is 0 Å². The molecule has 1 heterocycles. The van der Waals surface area contributed by atoms with Crippen LogP contribution < -0.4 is 5.32 Å². The highest BCUT2D eigenvalue weighted by atomic mass is 35.5. The lowest BCUT2D eigenvalue weighted by Gasteiger charge is -2.43. The third-order valence-corrected chi connectivity index (χ3v) is 12.1. The van der Waals surface area contributed by atoms with E-state index in [4.69, 9.17) is 20.8 Å². The second-order valence-corrected chi connectivity index (χ2v) is 15.8. The Balaban J connectivity index is 1.56. The number of amides is 1. The van der Waals surface area contributed by atoms with Crippen molar-refractivity contribution in [3.8, 4) is 0 Å². The number of hydrogen-bond donors (Lipinski definition) is 1. The highest BCUT2D eigenvalue weighted by molar-refractivity contribution is 6.74. The van der Waals surface area contributed by atoms with Gasteiger partial charge in [0.2, 0.25) is 5.91 Å². The van der Waals surface area contributed by atoms with Gasteiger partial charge in [0.1, 0.15) is 6.10 Å². The van der Waals surface area contributed by atoms with Crippen molar-refractivity contribution in [2.45, 2.75) is 64.0 Å². The molecule has 0 fully saturated rings. The number of methoxy groups -OCH3 is 1. The highest BCUT2D eigenvalue weighted by Crippen LogP contribution is 2.42. The van der Waals surface area contributed by atoms with Crippen LogP contribution in [0.1, 0.15) is 38.3 Å². The number of nitrogens with one attached hydrogen (secondary N) is 1. The fraction of sp³-hybridized carbons (Fsp3) is 0.444. The van der Waals surface area contributed by atoms with E-state index >= 15 is 0 Å². The number of anilines is 1. The molecular weight excluding hydrogens is 450 g/mol. The Morgan fingerprint density at radius 3 is 2.58 bits per heavy atom. The van der Waals surface area contributed by atoms with Gasteiger partial charge in [-0.1, -0.05) is 68.8 Å². The van der Waals surface area contributed by atoms with Crippen molar-refractivity contribution in [2.75, 3.05) is 12.4 Å². The maximum Gasteiger partial charge on any atom is 0.228 e. The third-order valence-electron chi connectivity index (χ3n) is 7.37. The number of hydrogen-bond acceptors (Lipinski definition) is 3. The summed E-state index contributed by atoms with van der Waals surface area (Å²) in [4.78, 5) is 11.7. The molecule has 0 saturated carbocycles. The minimum atomic E-state index is -1.99. The molecular formula is C27H34ClNO3Si. The summed E-state index contributed by atoms with van der Waals surface area (Å²) in [6.07, 6.45) is 14.1. The van der Waals surface area contributed by atoms with Crippen molar-refractivity contribution >= 4 is 37.1 Å². The molecule has 3 aliphatic rings. The van der Waals surface area contributed by atoms with E-state index in [1.807, 2.05) is 12.1 Å². The second-order valence-electron chi connectivity index (χ2n) is 10.6. The van der Waals surface area contributed by atoms with Crippen molar-refractivity contribution in [3.63, 3.8) is 0 Å². The Morgan fingerprint density at radius 1 is 1.18 bits per heavy atom. The lowest BCUT2D eigenvalue weighted by Crippen LogP contribution is -2.49. The van der Waals surface area contributed by atoms with Gasteiger partial charge in [0.05, 0.1) is 17.5 Å². The molecule has 33 heavy (non-hydrogen) atoms. The van der Waals surface area contributed by atoms with Crippen LogP contribution in [-0.2, 0) is 20.4 Å². The molecule has 0 spiro atoms. The van der Waals surface area contributed by atoms with Gasteiger partial charge in [-0.3, -0.25) is 4.79 Å². The number of rotatable bonds is 5. The average Bonchev–Trinajstić information content (AvgIpc) is 3.11. The van der Waals surface area contributed by atoms with E-state index in [1.54, 1.807) is 7.11 Å². The molecule has 4 nitrogen and oxygen atoms in total. The monoisotopic (exact) mass is 483 g/mol. The SMILES string of the molecule is COC1C=CC=C(C2C=CC(c3cc4c(cc3Cl)NC(=O)C4)=CC2)C1O[Si](C)(C)C(C)(C)C. The number of carbonyl (C=O) groups is 1. The standard InChI is InChI=1S/C27H34ClNO3Si/c1-27(2,3)33(5,6)32-26-20(8-7-9-24(26)31-4)17-10-12-18(13-11-17)21-14-19-15-25(30)29-23(19)16-22(21)28/h7-10,12-14,16-17,24,26H,11,15H2,1-6H3,(H,29,30). The quantitative estimate of drug-likeness (QED) is 0.474. The van der Waals surface area contributed by atoms with Gasteiger partial charge in [-0.15, -0.1) is 0 Å². The zero-order chi connectivity index (χ0) is 24.0. The number of halogens is 1. The van der Waals surface area contributed by atoms with Gasteiger partial charge in [-0.05, 0) is 53.4 Å². The lowest BCUT2D eigenvalue weighted by atomic mass is 9.82. The fourth-order valence-electron chi connectivity index (χ4n) is 4.36. The Bertz CT molecular complexity index is 1080. The minimum absolute atomic E-state index is 0.0178. The van der Waals surface area contributed by atoms with Crippen LogP contribution in [0.2, 0.25) is 23.2 Å². The first-order valence-corrected chi connectivity index (χ1v) is 14.9. The summed E-state index contributed by atoms with van der Waals surface area (Å²) in [5, 5.41) is 3.64. The van der Waals surface area contributed by atoms with Gasteiger partial charge < -0.3 is 14.5 Å². The first-order valence-electron chi connectivity index (χ1n) is 11.6. The maximum atomic E-state index is 11.7. The molecule has 0 aromatic heterocycles. The molecule has 1 aromatic carbocycles. The molecule has 6 heteroatoms. The van der Waals surface area contributed by atoms with Crippen molar-refractivity contribution in [1.29, 1.82) is 0 Å². The molecule has 1 N–H and O–H groups in total. The molecule has 176 valence electrons. The number of benzene rings is 1. The van der Waals surface area contributed by atoms with Crippen LogP contribution in [-0.4, -0.2) is 33.5 Å². The summed E-state index contributed by atoms with van der Waals surface area (Å²) in [7, 11) is -0.236. The Kier molecular flexibility index (Phi) is 6.62. The summed E-state index contributed by atoms with van der Waals surface area (Å²) < 4.78 is 12.7. The topological polar surface area (TPSA) is 47.6 Å². The van der Waals surface area contributed by atoms with E-state index in [0.29, 0.717) is 11.4 Å². The van der Waals surface area contributed by atoms with Gasteiger partial charge >= 0.3 is 0 Å². The minimum Gasteiger partial charge on any atom is -0.407 e. The highest BCUT2D eigenvalue weighted by Gasteiger charge is 2.42. The average molecular weight is 484 g/mol. The number of ether oxygens (including phenoxy) is 1. The predicted molar refractivity (Wildman–Crippen MR) is 139 cm³/mol. The molecule has 4 rings (SSSR count). The van der Waals surface area contributed by atoms with Crippen LogP contribution in [0.25, 0.3) is 5.57 Å². The Hall–Kier alpha value is -1.92. The molecule has 1 aromatic rings. The number of carbonyl (C=O) groups excluding carboxylic acids is 1. The van der Waals surface area contributed by atoms with E-state index in [1.165, 1.54) is 5.57 Å². The normalized spacial score (nSPS) is 24.9. The van der Waals surface area contributed by atoms with Crippen LogP contribution in [0.5, 0.6) is 0 Å². The van der Waals surface area contributed by atoms with E-state index in [0.717, 1.165) is 28.8 Å². The third kappa shape index (κ3) is 4.83.